The first-order valence-corrected chi connectivity index (χ1v) is 28.7. The molecule has 4 aromatic carbocycles. The molecule has 2 bridgehead atoms. The quantitative estimate of drug-likeness (QED) is 0.163. The molecular weight excluding hydrogens is 918 g/mol. The van der Waals surface area contributed by atoms with Gasteiger partial charge >= 0.3 is 7.82 Å². The van der Waals surface area contributed by atoms with E-state index in [0.717, 1.165) is 95.2 Å². The molecule has 1 aromatic heterocycles. The summed E-state index contributed by atoms with van der Waals surface area (Å²) in [4.78, 5) is 28.5. The van der Waals surface area contributed by atoms with Crippen LogP contribution in [0, 0.1) is 5.41 Å². The topological polar surface area (TPSA) is 146 Å². The van der Waals surface area contributed by atoms with Gasteiger partial charge in [0.2, 0.25) is 0 Å². The molecule has 0 radical (unpaired) electrons. The van der Waals surface area contributed by atoms with Crippen LogP contribution in [0.4, 0.5) is 0 Å². The summed E-state index contributed by atoms with van der Waals surface area (Å²) in [5, 5.41) is 12.8. The van der Waals surface area contributed by atoms with Crippen LogP contribution in [-0.4, -0.2) is 54.0 Å². The van der Waals surface area contributed by atoms with Crippen molar-refractivity contribution in [2.75, 3.05) is 13.2 Å². The van der Waals surface area contributed by atoms with E-state index in [-0.39, 0.29) is 19.0 Å². The molecule has 368 valence electrons. The zero-order valence-corrected chi connectivity index (χ0v) is 41.9. The van der Waals surface area contributed by atoms with E-state index in [4.69, 9.17) is 38.6 Å². The van der Waals surface area contributed by atoms with Crippen molar-refractivity contribution in [1.29, 1.82) is 5.41 Å². The molecule has 14 heteroatoms. The van der Waals surface area contributed by atoms with E-state index >= 15 is 0 Å². The minimum atomic E-state index is -4.23. The molecule has 5 fully saturated rings. The molecule has 0 atom stereocenters. The zero-order chi connectivity index (χ0) is 47.9. The number of fused-ring (bicyclic) bond motifs is 12. The van der Waals surface area contributed by atoms with Gasteiger partial charge in [-0.05, 0) is 127 Å². The lowest BCUT2D eigenvalue weighted by atomic mass is 9.83. The Balaban J connectivity index is 1.10. The number of amidine groups is 2. The maximum absolute atomic E-state index is 14.8. The lowest BCUT2D eigenvalue weighted by Crippen LogP contribution is -2.33. The smallest absolute Gasteiger partial charge is 0.282 e. The molecular formula is C58H62N9O4P. The van der Waals surface area contributed by atoms with Gasteiger partial charge in [0.25, 0.3) is 0 Å². The predicted molar refractivity (Wildman–Crippen MR) is 281 cm³/mol. The summed E-state index contributed by atoms with van der Waals surface area (Å²) >= 11 is 0. The Hall–Kier alpha value is -6.01. The van der Waals surface area contributed by atoms with Gasteiger partial charge in [0, 0.05) is 50.0 Å². The summed E-state index contributed by atoms with van der Waals surface area (Å²) in [6, 6.07) is 26.7. The molecule has 6 heterocycles. The SMILES string of the molecule is N=C1N=C(N=c2c3cc(C4CCCCC4)ccc3c3nc4nc(nc5c6cc(C7CCCCC7)ccc6cn5n(OP5(=O)OCCO5)n2-3)-c2ccc(C3CCCCC3)cc2-4)c2ccc(C3CCCCC3)cc21. The third kappa shape index (κ3) is 7.84. The van der Waals surface area contributed by atoms with Gasteiger partial charge in [-0.15, -0.1) is 0 Å². The lowest BCUT2D eigenvalue weighted by Gasteiger charge is -2.22. The number of hydrogen-bond acceptors (Lipinski definition) is 9. The molecule has 4 aliphatic carbocycles. The number of aliphatic imine (C=N–C) groups is 1. The highest BCUT2D eigenvalue weighted by atomic mass is 31.2. The minimum absolute atomic E-state index is 0.111. The first kappa shape index (κ1) is 44.7. The Kier molecular flexibility index (Phi) is 11.3. The van der Waals surface area contributed by atoms with Gasteiger partial charge in [0.15, 0.2) is 40.3 Å². The molecule has 5 aromatic rings. The number of aromatic nitrogens is 6. The van der Waals surface area contributed by atoms with Gasteiger partial charge < -0.3 is 0 Å². The summed E-state index contributed by atoms with van der Waals surface area (Å²) in [5.41, 5.74) is 9.52. The van der Waals surface area contributed by atoms with Gasteiger partial charge in [-0.2, -0.15) is 9.20 Å². The third-order valence-electron chi connectivity index (χ3n) is 17.3. The maximum atomic E-state index is 14.8. The fraction of sp³-hybridized carbons (Fsp3) is 0.448. The molecule has 72 heavy (non-hydrogen) atoms. The number of hydrogen-bond donors (Lipinski definition) is 1. The summed E-state index contributed by atoms with van der Waals surface area (Å²) in [7, 11) is -4.23. The number of phosphoric ester groups is 1. The Labute approximate surface area is 419 Å². The fourth-order valence-corrected chi connectivity index (χ4v) is 14.5. The van der Waals surface area contributed by atoms with E-state index in [1.54, 1.807) is 4.68 Å². The summed E-state index contributed by atoms with van der Waals surface area (Å²) in [5.74, 6) is 3.97. The van der Waals surface area contributed by atoms with Gasteiger partial charge in [0.1, 0.15) is 0 Å². The molecule has 5 aliphatic heterocycles. The first-order valence-electron chi connectivity index (χ1n) is 27.2. The molecule has 0 spiro atoms. The molecule has 0 unspecified atom stereocenters. The van der Waals surface area contributed by atoms with Crippen LogP contribution in [-0.2, 0) is 13.6 Å². The fourth-order valence-electron chi connectivity index (χ4n) is 13.4. The van der Waals surface area contributed by atoms with Gasteiger partial charge in [-0.25, -0.2) is 29.5 Å². The molecule has 4 saturated carbocycles. The normalized spacial score (nSPS) is 21.0. The molecule has 14 rings (SSSR count). The summed E-state index contributed by atoms with van der Waals surface area (Å²) < 4.78 is 37.0. The molecule has 1 saturated heterocycles. The third-order valence-corrected chi connectivity index (χ3v) is 18.6. The predicted octanol–water partition coefficient (Wildman–Crippen LogP) is 13.7. The van der Waals surface area contributed by atoms with Crippen LogP contribution in [0.25, 0.3) is 55.8 Å². The molecule has 0 amide bonds. The lowest BCUT2D eigenvalue weighted by molar-refractivity contribution is 0.0959. The highest BCUT2D eigenvalue weighted by Gasteiger charge is 2.38. The summed E-state index contributed by atoms with van der Waals surface area (Å²) in [6.45, 7) is 0.221. The Morgan fingerprint density at radius 1 is 0.556 bits per heavy atom. The van der Waals surface area contributed by atoms with Crippen LogP contribution in [0.15, 0.2) is 89.0 Å². The number of benzene rings is 4. The van der Waals surface area contributed by atoms with Crippen LogP contribution in [0.5, 0.6) is 0 Å². The van der Waals surface area contributed by atoms with E-state index in [2.05, 4.69) is 72.8 Å². The average molecular weight is 980 g/mol. The van der Waals surface area contributed by atoms with E-state index in [9.17, 15) is 9.97 Å². The van der Waals surface area contributed by atoms with Gasteiger partial charge in [-0.1, -0.05) is 126 Å². The second-order valence-electron chi connectivity index (χ2n) is 21.7. The summed E-state index contributed by atoms with van der Waals surface area (Å²) in [6.07, 6.45) is 25.9. The zero-order valence-electron chi connectivity index (χ0n) is 41.0. The van der Waals surface area contributed by atoms with Crippen molar-refractivity contribution in [3.63, 3.8) is 0 Å². The second-order valence-corrected chi connectivity index (χ2v) is 23.3. The van der Waals surface area contributed by atoms with Gasteiger partial charge in [-0.3, -0.25) is 19.1 Å². The van der Waals surface area contributed by atoms with Crippen molar-refractivity contribution in [1.82, 2.24) is 29.1 Å². The van der Waals surface area contributed by atoms with Crippen LogP contribution in [0.1, 0.15) is 185 Å². The average Bonchev–Trinajstić information content (AvgIpc) is 4.25. The number of phosphoric acid groups is 1. The van der Waals surface area contributed by atoms with Crippen molar-refractivity contribution in [2.45, 2.75) is 152 Å². The van der Waals surface area contributed by atoms with Crippen molar-refractivity contribution in [3.05, 3.63) is 118 Å². The second kappa shape index (κ2) is 18.2. The standard InChI is InChI=1S/C58H62N9O4P/c59-52-49-32-41(37-15-7-2-8-16-37)23-26-45(49)53(60-52)63-58-51-34-43(39-19-11-4-12-20-39)25-28-47(51)57-64-55-50-33-42(38-17-9-3-10-18-38)24-27-46(50)54(61-55)62-56-48-31-40(36-13-5-1-6-14-36)21-22-44(48)35-65(56)67(66(57)58)71-72(68)69-29-30-70-72/h21-28,31-39,59H,1-20,29-30H2. The van der Waals surface area contributed by atoms with E-state index in [1.165, 1.54) is 104 Å². The van der Waals surface area contributed by atoms with Crippen LogP contribution >= 0.6 is 7.82 Å². The number of rotatable bonds is 6. The monoisotopic (exact) mass is 979 g/mol. The van der Waals surface area contributed by atoms with Crippen molar-refractivity contribution in [2.24, 2.45) is 9.98 Å². The molecule has 1 N–H and O–H groups in total. The van der Waals surface area contributed by atoms with E-state index < -0.39 is 7.82 Å². The van der Waals surface area contributed by atoms with Crippen molar-refractivity contribution >= 4 is 46.7 Å². The van der Waals surface area contributed by atoms with E-state index in [0.29, 0.717) is 58.1 Å². The first-order chi connectivity index (χ1) is 35.4. The number of nitrogens with one attached hydrogen (secondary N) is 1. The Bertz CT molecular complexity index is 3520. The Morgan fingerprint density at radius 2 is 1.08 bits per heavy atom. The van der Waals surface area contributed by atoms with Crippen LogP contribution in [0.2, 0.25) is 0 Å². The minimum Gasteiger partial charge on any atom is -0.282 e. The highest BCUT2D eigenvalue weighted by Crippen LogP contribution is 2.50. The highest BCUT2D eigenvalue weighted by molar-refractivity contribution is 7.48. The van der Waals surface area contributed by atoms with Crippen LogP contribution in [0.3, 0.4) is 0 Å². The maximum Gasteiger partial charge on any atom is 0.551 e. The van der Waals surface area contributed by atoms with E-state index in [1.807, 2.05) is 10.7 Å². The van der Waals surface area contributed by atoms with Gasteiger partial charge in [0.05, 0.1) is 13.2 Å². The van der Waals surface area contributed by atoms with Crippen LogP contribution < -0.4 is 10.1 Å². The Morgan fingerprint density at radius 3 is 1.71 bits per heavy atom. The van der Waals surface area contributed by atoms with Crippen molar-refractivity contribution < 1.29 is 18.2 Å². The molecule has 9 aliphatic rings. The molecule has 13 nitrogen and oxygen atoms in total. The van der Waals surface area contributed by atoms with Crippen molar-refractivity contribution in [3.8, 4) is 28.6 Å². The number of nitrogens with zero attached hydrogens (tertiary/aromatic N) is 8. The largest absolute Gasteiger partial charge is 0.551 e.